The summed E-state index contributed by atoms with van der Waals surface area (Å²) in [6, 6.07) is 14.5. The van der Waals surface area contributed by atoms with Crippen LogP contribution in [0.25, 0.3) is 0 Å². The maximum atomic E-state index is 12.0. The van der Waals surface area contributed by atoms with E-state index < -0.39 is 10.1 Å². The molecule has 0 saturated heterocycles. The third kappa shape index (κ3) is 4.03. The number of rotatable bonds is 6. The van der Waals surface area contributed by atoms with Gasteiger partial charge < -0.3 is 9.47 Å². The van der Waals surface area contributed by atoms with Crippen LogP contribution in [-0.2, 0) is 26.5 Å². The van der Waals surface area contributed by atoms with Gasteiger partial charge in [-0.15, -0.1) is 0 Å². The number of methoxy groups -OCH3 is 1. The molecule has 1 atom stereocenters. The van der Waals surface area contributed by atoms with Crippen LogP contribution in [0.5, 0.6) is 11.5 Å². The van der Waals surface area contributed by atoms with Crippen molar-refractivity contribution in [3.05, 3.63) is 59.7 Å². The van der Waals surface area contributed by atoms with Crippen molar-refractivity contribution in [1.82, 2.24) is 0 Å². The summed E-state index contributed by atoms with van der Waals surface area (Å²) >= 11 is 0. The van der Waals surface area contributed by atoms with Crippen molar-refractivity contribution in [2.45, 2.75) is 18.3 Å². The molecule has 2 aromatic rings. The van der Waals surface area contributed by atoms with Crippen molar-refractivity contribution in [3.63, 3.8) is 0 Å². The van der Waals surface area contributed by atoms with Crippen molar-refractivity contribution < 1.29 is 22.1 Å². The number of hydrogen-bond acceptors (Lipinski definition) is 5. The molecule has 0 aliphatic carbocycles. The van der Waals surface area contributed by atoms with Crippen molar-refractivity contribution in [2.75, 3.05) is 13.7 Å². The molecule has 5 nitrogen and oxygen atoms in total. The van der Waals surface area contributed by atoms with E-state index in [4.69, 9.17) is 13.7 Å². The maximum Gasteiger partial charge on any atom is 0.271 e. The molecular formula is C17H18O5S. The van der Waals surface area contributed by atoms with Crippen molar-refractivity contribution in [1.29, 1.82) is 0 Å². The van der Waals surface area contributed by atoms with Gasteiger partial charge >= 0.3 is 0 Å². The fourth-order valence-electron chi connectivity index (χ4n) is 2.52. The molecule has 0 saturated carbocycles. The van der Waals surface area contributed by atoms with Crippen LogP contribution < -0.4 is 9.47 Å². The zero-order valence-electron chi connectivity index (χ0n) is 12.8. The highest BCUT2D eigenvalue weighted by atomic mass is 32.2. The monoisotopic (exact) mass is 334 g/mol. The van der Waals surface area contributed by atoms with Crippen LogP contribution in [0.2, 0.25) is 0 Å². The number of fused-ring (bicyclic) bond motifs is 1. The fraction of sp³-hybridized carbons (Fsp3) is 0.294. The van der Waals surface area contributed by atoms with Gasteiger partial charge in [-0.1, -0.05) is 30.3 Å². The Balaban J connectivity index is 1.57. The molecule has 3 rings (SSSR count). The molecule has 122 valence electrons. The number of hydrogen-bond donors (Lipinski definition) is 0. The highest BCUT2D eigenvalue weighted by Crippen LogP contribution is 2.32. The van der Waals surface area contributed by atoms with Crippen LogP contribution in [0.1, 0.15) is 11.1 Å². The van der Waals surface area contributed by atoms with E-state index in [1.165, 1.54) is 0 Å². The molecule has 1 aliphatic rings. The molecule has 0 spiro atoms. The summed E-state index contributed by atoms with van der Waals surface area (Å²) in [7, 11) is -2.02. The van der Waals surface area contributed by atoms with Crippen molar-refractivity contribution >= 4 is 10.1 Å². The zero-order valence-corrected chi connectivity index (χ0v) is 13.6. The second kappa shape index (κ2) is 6.60. The molecule has 2 aromatic carbocycles. The van der Waals surface area contributed by atoms with Crippen LogP contribution in [0.4, 0.5) is 0 Å². The van der Waals surface area contributed by atoms with Crippen LogP contribution >= 0.6 is 0 Å². The van der Waals surface area contributed by atoms with Crippen molar-refractivity contribution in [3.8, 4) is 11.5 Å². The Kier molecular flexibility index (Phi) is 4.54. The molecular weight excluding hydrogens is 316 g/mol. The van der Waals surface area contributed by atoms with Crippen LogP contribution in [0.15, 0.2) is 48.5 Å². The predicted molar refractivity (Wildman–Crippen MR) is 86.1 cm³/mol. The molecule has 6 heteroatoms. The van der Waals surface area contributed by atoms with Gasteiger partial charge in [0, 0.05) is 12.0 Å². The predicted octanol–water partition coefficient (Wildman–Crippen LogP) is 2.55. The molecule has 1 aliphatic heterocycles. The van der Waals surface area contributed by atoms with Gasteiger partial charge in [-0.2, -0.15) is 8.42 Å². The lowest BCUT2D eigenvalue weighted by atomic mass is 10.1. The highest BCUT2D eigenvalue weighted by molar-refractivity contribution is 7.85. The summed E-state index contributed by atoms with van der Waals surface area (Å²) in [5.74, 6) is 1.37. The number of benzene rings is 2. The van der Waals surface area contributed by atoms with Crippen LogP contribution in [0.3, 0.4) is 0 Å². The Bertz CT molecular complexity index is 771. The quantitative estimate of drug-likeness (QED) is 0.760. The summed E-state index contributed by atoms with van der Waals surface area (Å²) in [5, 5.41) is 0. The smallest absolute Gasteiger partial charge is 0.271 e. The summed E-state index contributed by atoms with van der Waals surface area (Å²) in [5.41, 5.74) is 1.70. The van der Waals surface area contributed by atoms with Gasteiger partial charge in [-0.25, -0.2) is 0 Å². The standard InChI is InChI=1S/C17H18O5S/c1-20-15-7-8-17-14(9-15)10-16(22-17)11-21-23(18,19)12-13-5-3-2-4-6-13/h2-9,16H,10-12H2,1H3. The Labute approximate surface area is 135 Å². The van der Waals surface area contributed by atoms with E-state index in [-0.39, 0.29) is 18.5 Å². The zero-order chi connectivity index (χ0) is 16.3. The molecule has 0 fully saturated rings. The SMILES string of the molecule is COc1ccc2c(c1)CC(COS(=O)(=O)Cc1ccccc1)O2. The van der Waals surface area contributed by atoms with E-state index in [1.54, 1.807) is 31.4 Å². The third-order valence-corrected chi connectivity index (χ3v) is 4.81. The van der Waals surface area contributed by atoms with Crippen molar-refractivity contribution in [2.24, 2.45) is 0 Å². The molecule has 1 heterocycles. The summed E-state index contributed by atoms with van der Waals surface area (Å²) < 4.78 is 40.1. The first-order chi connectivity index (χ1) is 11.1. The minimum atomic E-state index is -3.63. The summed E-state index contributed by atoms with van der Waals surface area (Å²) in [6.45, 7) is 0.00611. The Morgan fingerprint density at radius 2 is 1.96 bits per heavy atom. The summed E-state index contributed by atoms with van der Waals surface area (Å²) in [6.07, 6.45) is 0.301. The van der Waals surface area contributed by atoms with Gasteiger partial charge in [0.1, 0.15) is 30.0 Å². The lowest BCUT2D eigenvalue weighted by Crippen LogP contribution is -2.23. The minimum Gasteiger partial charge on any atom is -0.497 e. The van der Waals surface area contributed by atoms with Gasteiger partial charge in [0.25, 0.3) is 10.1 Å². The van der Waals surface area contributed by atoms with E-state index in [1.807, 2.05) is 24.3 Å². The maximum absolute atomic E-state index is 12.0. The molecule has 0 bridgehead atoms. The largest absolute Gasteiger partial charge is 0.497 e. The van der Waals surface area contributed by atoms with E-state index in [2.05, 4.69) is 0 Å². The van der Waals surface area contributed by atoms with Gasteiger partial charge in [0.2, 0.25) is 0 Å². The lowest BCUT2D eigenvalue weighted by molar-refractivity contribution is 0.152. The van der Waals surface area contributed by atoms with Crippen LogP contribution in [-0.4, -0.2) is 28.2 Å². The van der Waals surface area contributed by atoms with Gasteiger partial charge in [0.05, 0.1) is 7.11 Å². The molecule has 0 aromatic heterocycles. The molecule has 0 radical (unpaired) electrons. The molecule has 0 N–H and O–H groups in total. The van der Waals surface area contributed by atoms with Gasteiger partial charge in [-0.3, -0.25) is 4.18 Å². The second-order valence-electron chi connectivity index (χ2n) is 5.39. The second-order valence-corrected chi connectivity index (χ2v) is 7.03. The van der Waals surface area contributed by atoms with E-state index in [0.29, 0.717) is 12.0 Å². The minimum absolute atomic E-state index is 0.00611. The Hall–Kier alpha value is -2.05. The molecule has 0 amide bonds. The van der Waals surface area contributed by atoms with E-state index in [0.717, 1.165) is 17.1 Å². The molecule has 23 heavy (non-hydrogen) atoms. The third-order valence-electron chi connectivity index (χ3n) is 3.63. The normalized spacial score (nSPS) is 16.7. The topological polar surface area (TPSA) is 61.8 Å². The fourth-order valence-corrected chi connectivity index (χ4v) is 3.56. The first-order valence-corrected chi connectivity index (χ1v) is 8.88. The van der Waals surface area contributed by atoms with E-state index >= 15 is 0 Å². The Morgan fingerprint density at radius 3 is 2.70 bits per heavy atom. The first kappa shape index (κ1) is 15.8. The average molecular weight is 334 g/mol. The van der Waals surface area contributed by atoms with Gasteiger partial charge in [0.15, 0.2) is 0 Å². The summed E-state index contributed by atoms with van der Waals surface area (Å²) in [4.78, 5) is 0. The first-order valence-electron chi connectivity index (χ1n) is 7.30. The lowest BCUT2D eigenvalue weighted by Gasteiger charge is -2.11. The number of ether oxygens (including phenoxy) is 2. The van der Waals surface area contributed by atoms with E-state index in [9.17, 15) is 8.42 Å². The molecule has 1 unspecified atom stereocenters. The highest BCUT2D eigenvalue weighted by Gasteiger charge is 2.25. The van der Waals surface area contributed by atoms with Crippen LogP contribution in [0, 0.1) is 0 Å². The average Bonchev–Trinajstić information content (AvgIpc) is 2.95. The Morgan fingerprint density at radius 1 is 1.17 bits per heavy atom. The van der Waals surface area contributed by atoms with Gasteiger partial charge in [-0.05, 0) is 23.8 Å².